The van der Waals surface area contributed by atoms with E-state index in [2.05, 4.69) is 22.2 Å². The van der Waals surface area contributed by atoms with Crippen molar-refractivity contribution in [1.82, 2.24) is 19.4 Å². The van der Waals surface area contributed by atoms with E-state index in [9.17, 15) is 13.2 Å². The van der Waals surface area contributed by atoms with Crippen LogP contribution in [0.2, 0.25) is 0 Å². The lowest BCUT2D eigenvalue weighted by atomic mass is 10.2. The molecule has 1 aromatic rings. The fourth-order valence-electron chi connectivity index (χ4n) is 4.13. The molecule has 9 heteroatoms. The highest BCUT2D eigenvalue weighted by molar-refractivity contribution is 7.89. The third-order valence-corrected chi connectivity index (χ3v) is 8.05. The minimum Gasteiger partial charge on any atom is -0.496 e. The third-order valence-electron chi connectivity index (χ3n) is 6.15. The first kappa shape index (κ1) is 24.0. The number of ether oxygens (including phenoxy) is 1. The quantitative estimate of drug-likeness (QED) is 0.604. The summed E-state index contributed by atoms with van der Waals surface area (Å²) in [5.41, 5.74) is 0.262. The van der Waals surface area contributed by atoms with Crippen molar-refractivity contribution in [3.63, 3.8) is 0 Å². The number of amides is 1. The minimum absolute atomic E-state index is 0.151. The molecular formula is C22H36N4O4S. The zero-order valence-electron chi connectivity index (χ0n) is 18.8. The molecule has 174 valence electrons. The van der Waals surface area contributed by atoms with Gasteiger partial charge in [-0.2, -0.15) is 4.31 Å². The van der Waals surface area contributed by atoms with Crippen LogP contribution in [0, 0.1) is 0 Å². The lowest BCUT2D eigenvalue weighted by Gasteiger charge is -2.32. The van der Waals surface area contributed by atoms with Crippen molar-refractivity contribution in [2.24, 2.45) is 0 Å². The van der Waals surface area contributed by atoms with E-state index in [0.717, 1.165) is 64.8 Å². The summed E-state index contributed by atoms with van der Waals surface area (Å²) in [4.78, 5) is 17.7. The molecule has 0 saturated carbocycles. The summed E-state index contributed by atoms with van der Waals surface area (Å²) < 4.78 is 33.1. The van der Waals surface area contributed by atoms with Crippen LogP contribution < -0.4 is 10.1 Å². The van der Waals surface area contributed by atoms with Crippen LogP contribution in [-0.2, 0) is 10.0 Å². The van der Waals surface area contributed by atoms with Gasteiger partial charge in [-0.25, -0.2) is 8.42 Å². The van der Waals surface area contributed by atoms with E-state index >= 15 is 0 Å². The molecular weight excluding hydrogens is 416 g/mol. The lowest BCUT2D eigenvalue weighted by molar-refractivity contribution is 0.0946. The van der Waals surface area contributed by atoms with Crippen LogP contribution in [0.25, 0.3) is 0 Å². The van der Waals surface area contributed by atoms with Crippen LogP contribution in [0.3, 0.4) is 0 Å². The number of carbonyl (C=O) groups is 1. The molecule has 31 heavy (non-hydrogen) atoms. The number of benzene rings is 1. The number of hydrogen-bond donors (Lipinski definition) is 1. The van der Waals surface area contributed by atoms with E-state index < -0.39 is 10.0 Å². The molecule has 2 saturated heterocycles. The van der Waals surface area contributed by atoms with Crippen molar-refractivity contribution >= 4 is 15.9 Å². The van der Waals surface area contributed by atoms with Crippen LogP contribution in [0.15, 0.2) is 23.1 Å². The Bertz CT molecular complexity index is 830. The van der Waals surface area contributed by atoms with Gasteiger partial charge >= 0.3 is 0 Å². The van der Waals surface area contributed by atoms with Crippen molar-refractivity contribution in [1.29, 1.82) is 0 Å². The zero-order valence-corrected chi connectivity index (χ0v) is 19.6. The maximum absolute atomic E-state index is 13.1. The van der Waals surface area contributed by atoms with Crippen molar-refractivity contribution in [3.8, 4) is 5.75 Å². The second kappa shape index (κ2) is 11.3. The van der Waals surface area contributed by atoms with Gasteiger partial charge in [-0.1, -0.05) is 12.8 Å². The first-order chi connectivity index (χ1) is 14.9. The molecule has 0 atom stereocenters. The number of piperazine rings is 1. The maximum atomic E-state index is 13.1. The molecule has 1 amide bonds. The monoisotopic (exact) mass is 452 g/mol. The van der Waals surface area contributed by atoms with Crippen molar-refractivity contribution in [2.75, 3.05) is 66.5 Å². The summed E-state index contributed by atoms with van der Waals surface area (Å²) >= 11 is 0. The average Bonchev–Trinajstić information content (AvgIpc) is 3.07. The Morgan fingerprint density at radius 1 is 1.03 bits per heavy atom. The Balaban J connectivity index is 1.62. The van der Waals surface area contributed by atoms with E-state index in [4.69, 9.17) is 4.74 Å². The molecule has 0 unspecified atom stereocenters. The molecule has 1 N–H and O–H groups in total. The number of nitrogens with one attached hydrogen (secondary N) is 1. The highest BCUT2D eigenvalue weighted by atomic mass is 32.2. The van der Waals surface area contributed by atoms with Gasteiger partial charge in [0.1, 0.15) is 5.75 Å². The van der Waals surface area contributed by atoms with E-state index in [1.165, 1.54) is 19.2 Å². The smallest absolute Gasteiger partial charge is 0.255 e. The highest BCUT2D eigenvalue weighted by Crippen LogP contribution is 2.26. The maximum Gasteiger partial charge on any atom is 0.255 e. The Morgan fingerprint density at radius 2 is 1.71 bits per heavy atom. The first-order valence-corrected chi connectivity index (χ1v) is 12.7. The van der Waals surface area contributed by atoms with Gasteiger partial charge in [0.05, 0.1) is 17.6 Å². The molecule has 2 aliphatic rings. The van der Waals surface area contributed by atoms with Gasteiger partial charge in [0, 0.05) is 45.8 Å². The molecule has 0 spiro atoms. The first-order valence-electron chi connectivity index (χ1n) is 11.3. The van der Waals surface area contributed by atoms with E-state index in [0.29, 0.717) is 25.4 Å². The molecule has 0 aliphatic carbocycles. The molecule has 0 radical (unpaired) electrons. The summed E-state index contributed by atoms with van der Waals surface area (Å²) in [6.45, 7) is 6.78. The molecule has 0 aromatic heterocycles. The van der Waals surface area contributed by atoms with E-state index in [1.807, 2.05) is 0 Å². The topological polar surface area (TPSA) is 82.2 Å². The lowest BCUT2D eigenvalue weighted by Crippen LogP contribution is -2.45. The van der Waals surface area contributed by atoms with Crippen molar-refractivity contribution in [3.05, 3.63) is 23.8 Å². The third kappa shape index (κ3) is 6.41. The number of methoxy groups -OCH3 is 1. The summed E-state index contributed by atoms with van der Waals surface area (Å²) in [5, 5.41) is 2.93. The number of sulfonamides is 1. The number of hydrogen-bond acceptors (Lipinski definition) is 6. The van der Waals surface area contributed by atoms with Crippen LogP contribution in [0.4, 0.5) is 0 Å². The fourth-order valence-corrected chi connectivity index (χ4v) is 5.67. The fraction of sp³-hybridized carbons (Fsp3) is 0.682. The van der Waals surface area contributed by atoms with Crippen molar-refractivity contribution < 1.29 is 17.9 Å². The van der Waals surface area contributed by atoms with Crippen LogP contribution >= 0.6 is 0 Å². The summed E-state index contributed by atoms with van der Waals surface area (Å²) in [6.07, 6.45) is 4.70. The number of rotatable bonds is 8. The largest absolute Gasteiger partial charge is 0.496 e. The second-order valence-corrected chi connectivity index (χ2v) is 10.4. The summed E-state index contributed by atoms with van der Waals surface area (Å²) in [7, 11) is -0.00383. The minimum atomic E-state index is -3.62. The molecule has 2 fully saturated rings. The van der Waals surface area contributed by atoms with Gasteiger partial charge in [-0.15, -0.1) is 0 Å². The van der Waals surface area contributed by atoms with Crippen LogP contribution in [0.1, 0.15) is 42.5 Å². The van der Waals surface area contributed by atoms with Gasteiger partial charge in [0.15, 0.2) is 0 Å². The normalized spacial score (nSPS) is 19.7. The Morgan fingerprint density at radius 3 is 2.35 bits per heavy atom. The van der Waals surface area contributed by atoms with E-state index in [1.54, 1.807) is 10.4 Å². The summed E-state index contributed by atoms with van der Waals surface area (Å²) in [6, 6.07) is 4.56. The van der Waals surface area contributed by atoms with Crippen molar-refractivity contribution in [2.45, 2.75) is 37.0 Å². The molecule has 8 nitrogen and oxygen atoms in total. The molecule has 2 heterocycles. The van der Waals surface area contributed by atoms with Gasteiger partial charge < -0.3 is 19.9 Å². The Labute approximate surface area is 186 Å². The number of likely N-dealkylation sites (N-methyl/N-ethyl adjacent to an activating group) is 1. The number of nitrogens with zero attached hydrogens (tertiary/aromatic N) is 3. The van der Waals surface area contributed by atoms with Gasteiger partial charge in [-0.05, 0) is 51.1 Å². The average molecular weight is 453 g/mol. The zero-order chi connectivity index (χ0) is 22.3. The SMILES string of the molecule is COc1ccc(S(=O)(=O)N2CCCCCC2)cc1C(=O)NCCCN1CCN(C)CC1. The van der Waals surface area contributed by atoms with Crippen LogP contribution in [0.5, 0.6) is 5.75 Å². The summed E-state index contributed by atoms with van der Waals surface area (Å²) in [5.74, 6) is 0.0783. The molecule has 2 aliphatic heterocycles. The molecule has 3 rings (SSSR count). The second-order valence-electron chi connectivity index (χ2n) is 8.43. The highest BCUT2D eigenvalue weighted by Gasteiger charge is 2.27. The van der Waals surface area contributed by atoms with Gasteiger partial charge in [0.2, 0.25) is 10.0 Å². The predicted molar refractivity (Wildman–Crippen MR) is 121 cm³/mol. The molecule has 1 aromatic carbocycles. The Kier molecular flexibility index (Phi) is 8.71. The molecule has 0 bridgehead atoms. The van der Waals surface area contributed by atoms with Gasteiger partial charge in [-0.3, -0.25) is 4.79 Å². The standard InChI is InChI=1S/C22H36N4O4S/c1-24-14-16-25(17-15-24)11-7-10-23-22(27)20-18-19(8-9-21(20)30-2)31(28,29)26-12-5-3-4-6-13-26/h8-9,18H,3-7,10-17H2,1-2H3,(H,23,27). The van der Waals surface area contributed by atoms with Gasteiger partial charge in [0.25, 0.3) is 5.91 Å². The Hall–Kier alpha value is -1.68. The van der Waals surface area contributed by atoms with E-state index in [-0.39, 0.29) is 16.4 Å². The van der Waals surface area contributed by atoms with Crippen LogP contribution in [-0.4, -0.2) is 94.9 Å². The predicted octanol–water partition coefficient (Wildman–Crippen LogP) is 1.63. The number of carbonyl (C=O) groups excluding carboxylic acids is 1.